The van der Waals surface area contributed by atoms with Crippen LogP contribution in [0, 0.1) is 12.8 Å². The summed E-state index contributed by atoms with van der Waals surface area (Å²) in [5, 5.41) is 2.86. The molecule has 1 fully saturated rings. The monoisotopic (exact) mass is 361 g/mol. The Hall–Kier alpha value is -1.31. The number of carbonyl (C=O) groups is 1. The van der Waals surface area contributed by atoms with Gasteiger partial charge in [-0.05, 0) is 43.9 Å². The summed E-state index contributed by atoms with van der Waals surface area (Å²) < 4.78 is 25.2. The Morgan fingerprint density at radius 1 is 1.30 bits per heavy atom. The third-order valence-corrected chi connectivity index (χ3v) is 4.48. The topological polar surface area (TPSA) is 101 Å². The van der Waals surface area contributed by atoms with Gasteiger partial charge in [-0.25, -0.2) is 8.42 Å². The van der Waals surface area contributed by atoms with Gasteiger partial charge in [0.25, 0.3) is 0 Å². The van der Waals surface area contributed by atoms with Crippen molar-refractivity contribution in [3.05, 3.63) is 23.8 Å². The van der Waals surface area contributed by atoms with Crippen LogP contribution in [0.15, 0.2) is 18.2 Å². The quantitative estimate of drug-likeness (QED) is 0.765. The van der Waals surface area contributed by atoms with E-state index in [2.05, 4.69) is 10.0 Å². The van der Waals surface area contributed by atoms with Crippen LogP contribution in [0.4, 0.5) is 11.4 Å². The predicted octanol–water partition coefficient (Wildman–Crippen LogP) is 2.24. The van der Waals surface area contributed by atoms with Crippen molar-refractivity contribution in [2.45, 2.75) is 38.6 Å². The predicted molar refractivity (Wildman–Crippen MR) is 95.5 cm³/mol. The summed E-state index contributed by atoms with van der Waals surface area (Å²) in [5.74, 6) is -0.124. The van der Waals surface area contributed by atoms with E-state index < -0.39 is 10.0 Å². The lowest BCUT2D eigenvalue weighted by molar-refractivity contribution is -0.120. The molecule has 2 atom stereocenters. The molecule has 0 radical (unpaired) electrons. The van der Waals surface area contributed by atoms with Crippen molar-refractivity contribution in [1.29, 1.82) is 0 Å². The Bertz CT molecular complexity index is 664. The zero-order valence-corrected chi connectivity index (χ0v) is 15.0. The summed E-state index contributed by atoms with van der Waals surface area (Å²) in [4.78, 5) is 12.3. The van der Waals surface area contributed by atoms with Gasteiger partial charge in [-0.1, -0.05) is 12.5 Å². The zero-order valence-electron chi connectivity index (χ0n) is 13.3. The van der Waals surface area contributed by atoms with Gasteiger partial charge >= 0.3 is 0 Å². The number of amides is 1. The highest BCUT2D eigenvalue weighted by molar-refractivity contribution is 7.92. The van der Waals surface area contributed by atoms with Crippen LogP contribution in [0.1, 0.15) is 31.2 Å². The van der Waals surface area contributed by atoms with E-state index in [-0.39, 0.29) is 30.3 Å². The summed E-state index contributed by atoms with van der Waals surface area (Å²) >= 11 is 0. The lowest BCUT2D eigenvalue weighted by atomic mass is 9.85. The zero-order chi connectivity index (χ0) is 16.3. The third-order valence-electron chi connectivity index (χ3n) is 3.89. The molecule has 23 heavy (non-hydrogen) atoms. The minimum Gasteiger partial charge on any atom is -0.328 e. The lowest BCUT2D eigenvalue weighted by Gasteiger charge is -2.25. The van der Waals surface area contributed by atoms with Crippen molar-refractivity contribution in [2.24, 2.45) is 11.7 Å². The van der Waals surface area contributed by atoms with Crippen LogP contribution in [0.3, 0.4) is 0 Å². The van der Waals surface area contributed by atoms with Gasteiger partial charge in [-0.2, -0.15) is 0 Å². The van der Waals surface area contributed by atoms with Crippen molar-refractivity contribution in [2.75, 3.05) is 16.3 Å². The van der Waals surface area contributed by atoms with E-state index in [1.165, 1.54) is 0 Å². The summed E-state index contributed by atoms with van der Waals surface area (Å²) in [6.45, 7) is 1.80. The van der Waals surface area contributed by atoms with Gasteiger partial charge in [-0.15, -0.1) is 12.4 Å². The maximum atomic E-state index is 12.3. The standard InChI is InChI=1S/C15H23N3O3S.ClH/c1-10-6-7-13(9-14(10)18-22(2,20)21)17-15(19)11-4-3-5-12(16)8-11;/h6-7,9,11-12,18H,3-5,8,16H2,1-2H3,(H,17,19);1H. The lowest BCUT2D eigenvalue weighted by Crippen LogP contribution is -2.34. The second-order valence-corrected chi connectivity index (χ2v) is 7.77. The molecular formula is C15H24ClN3O3S. The number of rotatable bonds is 4. The first-order chi connectivity index (χ1) is 10.2. The van der Waals surface area contributed by atoms with Gasteiger partial charge in [0.2, 0.25) is 15.9 Å². The van der Waals surface area contributed by atoms with Crippen LogP contribution in [-0.4, -0.2) is 26.6 Å². The Kier molecular flexibility index (Phi) is 6.85. The van der Waals surface area contributed by atoms with E-state index in [4.69, 9.17) is 5.73 Å². The molecule has 0 heterocycles. The fourth-order valence-corrected chi connectivity index (χ4v) is 3.34. The van der Waals surface area contributed by atoms with Crippen molar-refractivity contribution >= 4 is 39.7 Å². The van der Waals surface area contributed by atoms with Crippen LogP contribution in [-0.2, 0) is 14.8 Å². The molecule has 6 nitrogen and oxygen atoms in total. The Balaban J connectivity index is 0.00000264. The molecule has 0 aromatic heterocycles. The molecule has 2 unspecified atom stereocenters. The van der Waals surface area contributed by atoms with Crippen LogP contribution in [0.5, 0.6) is 0 Å². The fraction of sp³-hybridized carbons (Fsp3) is 0.533. The number of halogens is 1. The van der Waals surface area contributed by atoms with E-state index >= 15 is 0 Å². The number of aryl methyl sites for hydroxylation is 1. The summed E-state index contributed by atoms with van der Waals surface area (Å²) in [5.41, 5.74) is 7.76. The summed E-state index contributed by atoms with van der Waals surface area (Å²) in [6.07, 6.45) is 4.58. The number of hydrogen-bond donors (Lipinski definition) is 3. The van der Waals surface area contributed by atoms with E-state index in [9.17, 15) is 13.2 Å². The molecule has 0 bridgehead atoms. The first kappa shape index (κ1) is 19.7. The largest absolute Gasteiger partial charge is 0.328 e. The fourth-order valence-electron chi connectivity index (χ4n) is 2.72. The maximum Gasteiger partial charge on any atom is 0.229 e. The Morgan fingerprint density at radius 2 is 2.00 bits per heavy atom. The molecule has 2 rings (SSSR count). The highest BCUT2D eigenvalue weighted by atomic mass is 35.5. The Labute approximate surface area is 143 Å². The summed E-state index contributed by atoms with van der Waals surface area (Å²) in [7, 11) is -3.35. The average Bonchev–Trinajstić information content (AvgIpc) is 2.41. The van der Waals surface area contributed by atoms with E-state index in [1.54, 1.807) is 25.1 Å². The number of sulfonamides is 1. The van der Waals surface area contributed by atoms with Crippen LogP contribution < -0.4 is 15.8 Å². The highest BCUT2D eigenvalue weighted by Gasteiger charge is 2.25. The number of carbonyl (C=O) groups excluding carboxylic acids is 1. The van der Waals surface area contributed by atoms with Crippen molar-refractivity contribution in [1.82, 2.24) is 0 Å². The number of nitrogens with two attached hydrogens (primary N) is 1. The van der Waals surface area contributed by atoms with Gasteiger partial charge in [-0.3, -0.25) is 9.52 Å². The van der Waals surface area contributed by atoms with Crippen molar-refractivity contribution in [3.8, 4) is 0 Å². The minimum atomic E-state index is -3.35. The molecule has 1 amide bonds. The maximum absolute atomic E-state index is 12.3. The van der Waals surface area contributed by atoms with Crippen LogP contribution in [0.2, 0.25) is 0 Å². The van der Waals surface area contributed by atoms with Gasteiger partial charge < -0.3 is 11.1 Å². The molecule has 1 aliphatic carbocycles. The second-order valence-electron chi connectivity index (χ2n) is 6.02. The van der Waals surface area contributed by atoms with Crippen LogP contribution in [0.25, 0.3) is 0 Å². The molecule has 8 heteroatoms. The molecule has 1 saturated carbocycles. The molecule has 1 aromatic rings. The number of nitrogens with one attached hydrogen (secondary N) is 2. The van der Waals surface area contributed by atoms with Crippen LogP contribution >= 0.6 is 12.4 Å². The smallest absolute Gasteiger partial charge is 0.229 e. The van der Waals surface area contributed by atoms with Gasteiger partial charge in [0, 0.05) is 17.6 Å². The van der Waals surface area contributed by atoms with Crippen molar-refractivity contribution < 1.29 is 13.2 Å². The van der Waals surface area contributed by atoms with E-state index in [0.29, 0.717) is 17.8 Å². The number of benzene rings is 1. The Morgan fingerprint density at radius 3 is 2.61 bits per heavy atom. The number of anilines is 2. The van der Waals surface area contributed by atoms with Crippen molar-refractivity contribution in [3.63, 3.8) is 0 Å². The first-order valence-electron chi connectivity index (χ1n) is 7.39. The number of hydrogen-bond acceptors (Lipinski definition) is 4. The normalized spacial score (nSPS) is 21.2. The molecule has 1 aliphatic rings. The third kappa shape index (κ3) is 6.01. The molecule has 0 spiro atoms. The molecular weight excluding hydrogens is 338 g/mol. The van der Waals surface area contributed by atoms with E-state index in [0.717, 1.165) is 31.1 Å². The molecule has 4 N–H and O–H groups in total. The molecule has 0 saturated heterocycles. The second kappa shape index (κ2) is 7.99. The molecule has 1 aromatic carbocycles. The SMILES string of the molecule is Cc1ccc(NC(=O)C2CCCC(N)C2)cc1NS(C)(=O)=O.Cl. The molecule has 130 valence electrons. The van der Waals surface area contributed by atoms with Gasteiger partial charge in [0.15, 0.2) is 0 Å². The van der Waals surface area contributed by atoms with Gasteiger partial charge in [0.1, 0.15) is 0 Å². The summed E-state index contributed by atoms with van der Waals surface area (Å²) in [6, 6.07) is 5.26. The average molecular weight is 362 g/mol. The molecule has 0 aliphatic heterocycles. The highest BCUT2D eigenvalue weighted by Crippen LogP contribution is 2.26. The van der Waals surface area contributed by atoms with E-state index in [1.807, 2.05) is 0 Å². The first-order valence-corrected chi connectivity index (χ1v) is 9.28. The van der Waals surface area contributed by atoms with Gasteiger partial charge in [0.05, 0.1) is 11.9 Å². The minimum absolute atomic E-state index is 0.